The number of fused-ring (bicyclic) bond motifs is 3. The Labute approximate surface area is 78.6 Å². The van der Waals surface area contributed by atoms with E-state index >= 15 is 0 Å². The number of imidazole rings is 1. The normalized spacial score (nSPS) is 11.2. The van der Waals surface area contributed by atoms with E-state index in [4.69, 9.17) is 0 Å². The third kappa shape index (κ3) is 0.907. The second kappa shape index (κ2) is 2.51. The summed E-state index contributed by atoms with van der Waals surface area (Å²) in [5, 5.41) is 0.906. The van der Waals surface area contributed by atoms with E-state index in [-0.39, 0.29) is 0 Å². The minimum atomic E-state index is -0.473. The first-order valence-electron chi connectivity index (χ1n) is 4.23. The maximum atomic E-state index is 12.9. The van der Waals surface area contributed by atoms with Crippen LogP contribution in [0.5, 0.6) is 0 Å². The van der Waals surface area contributed by atoms with E-state index in [1.807, 2.05) is 12.1 Å². The Hall–Kier alpha value is -1.97. The highest BCUT2D eigenvalue weighted by Crippen LogP contribution is 2.20. The molecule has 14 heavy (non-hydrogen) atoms. The molecule has 0 aliphatic heterocycles. The summed E-state index contributed by atoms with van der Waals surface area (Å²) < 4.78 is 12.9. The van der Waals surface area contributed by atoms with Crippen molar-refractivity contribution in [2.45, 2.75) is 0 Å². The molecule has 0 saturated carbocycles. The highest BCUT2D eigenvalue weighted by Gasteiger charge is 2.04. The van der Waals surface area contributed by atoms with Crippen molar-refractivity contribution in [2.24, 2.45) is 0 Å². The molecule has 0 aliphatic carbocycles. The Bertz CT molecular complexity index is 615. The van der Waals surface area contributed by atoms with Gasteiger partial charge in [0.05, 0.1) is 22.9 Å². The summed E-state index contributed by atoms with van der Waals surface area (Å²) in [5.74, 6) is -0.473. The van der Waals surface area contributed by atoms with E-state index in [9.17, 15) is 4.39 Å². The number of hydrogen-bond donors (Lipinski definition) is 1. The molecule has 0 radical (unpaired) electrons. The summed E-state index contributed by atoms with van der Waals surface area (Å²) in [6.07, 6.45) is 1.58. The predicted molar refractivity (Wildman–Crippen MR) is 51.4 cm³/mol. The quantitative estimate of drug-likeness (QED) is 0.548. The van der Waals surface area contributed by atoms with Gasteiger partial charge in [0.15, 0.2) is 0 Å². The summed E-state index contributed by atoms with van der Waals surface area (Å²) in [6.45, 7) is 0. The van der Waals surface area contributed by atoms with Crippen LogP contribution in [-0.4, -0.2) is 15.0 Å². The monoisotopic (exact) mass is 187 g/mol. The second-order valence-corrected chi connectivity index (χ2v) is 3.07. The van der Waals surface area contributed by atoms with Crippen LogP contribution < -0.4 is 0 Å². The van der Waals surface area contributed by atoms with Crippen LogP contribution in [-0.2, 0) is 0 Å². The molecule has 0 atom stereocenters. The van der Waals surface area contributed by atoms with Gasteiger partial charge in [-0.05, 0) is 18.2 Å². The topological polar surface area (TPSA) is 41.6 Å². The third-order valence-corrected chi connectivity index (χ3v) is 2.22. The van der Waals surface area contributed by atoms with Crippen LogP contribution in [0.2, 0.25) is 0 Å². The Morgan fingerprint density at radius 2 is 2.00 bits per heavy atom. The molecular formula is C10H6FN3. The molecule has 0 saturated heterocycles. The fraction of sp³-hybridized carbons (Fsp3) is 0. The van der Waals surface area contributed by atoms with Crippen LogP contribution >= 0.6 is 0 Å². The molecular weight excluding hydrogens is 181 g/mol. The maximum absolute atomic E-state index is 12.9. The SMILES string of the molecule is Fc1ccc2ccc3nc[nH]c3c2n1. The van der Waals surface area contributed by atoms with Crippen LogP contribution in [0.1, 0.15) is 0 Å². The minimum absolute atomic E-state index is 0.473. The van der Waals surface area contributed by atoms with Crippen molar-refractivity contribution >= 4 is 21.9 Å². The highest BCUT2D eigenvalue weighted by molar-refractivity contribution is 6.01. The summed E-state index contributed by atoms with van der Waals surface area (Å²) in [4.78, 5) is 10.9. The van der Waals surface area contributed by atoms with Crippen LogP contribution in [0.3, 0.4) is 0 Å². The number of aromatic amines is 1. The first kappa shape index (κ1) is 7.44. The fourth-order valence-corrected chi connectivity index (χ4v) is 1.57. The van der Waals surface area contributed by atoms with Gasteiger partial charge in [0.1, 0.15) is 0 Å². The van der Waals surface area contributed by atoms with Crippen LogP contribution in [0.4, 0.5) is 4.39 Å². The van der Waals surface area contributed by atoms with Gasteiger partial charge in [-0.1, -0.05) is 6.07 Å². The van der Waals surface area contributed by atoms with E-state index in [0.717, 1.165) is 16.4 Å². The number of halogens is 1. The molecule has 3 rings (SSSR count). The number of aromatic nitrogens is 3. The molecule has 0 aliphatic rings. The summed E-state index contributed by atoms with van der Waals surface area (Å²) in [6, 6.07) is 6.82. The molecule has 3 aromatic rings. The van der Waals surface area contributed by atoms with Crippen molar-refractivity contribution in [3.8, 4) is 0 Å². The molecule has 1 N–H and O–H groups in total. The van der Waals surface area contributed by atoms with Gasteiger partial charge in [-0.25, -0.2) is 9.97 Å². The van der Waals surface area contributed by atoms with E-state index in [1.165, 1.54) is 6.07 Å². The van der Waals surface area contributed by atoms with E-state index < -0.39 is 5.95 Å². The fourth-order valence-electron chi connectivity index (χ4n) is 1.57. The number of nitrogens with zero attached hydrogens (tertiary/aromatic N) is 2. The van der Waals surface area contributed by atoms with Crippen LogP contribution in [0.15, 0.2) is 30.6 Å². The van der Waals surface area contributed by atoms with Crippen LogP contribution in [0.25, 0.3) is 21.9 Å². The van der Waals surface area contributed by atoms with Crippen molar-refractivity contribution in [3.63, 3.8) is 0 Å². The van der Waals surface area contributed by atoms with Gasteiger partial charge >= 0.3 is 0 Å². The lowest BCUT2D eigenvalue weighted by atomic mass is 10.2. The van der Waals surface area contributed by atoms with Crippen molar-refractivity contribution < 1.29 is 4.39 Å². The molecule has 2 heterocycles. The van der Waals surface area contributed by atoms with Gasteiger partial charge in [0.2, 0.25) is 5.95 Å². The van der Waals surface area contributed by atoms with Crippen molar-refractivity contribution in [1.29, 1.82) is 0 Å². The Morgan fingerprint density at radius 3 is 2.93 bits per heavy atom. The van der Waals surface area contributed by atoms with Gasteiger partial charge in [-0.2, -0.15) is 4.39 Å². The molecule has 0 fully saturated rings. The van der Waals surface area contributed by atoms with Gasteiger partial charge in [-0.15, -0.1) is 0 Å². The summed E-state index contributed by atoms with van der Waals surface area (Å²) in [7, 11) is 0. The standard InChI is InChI=1S/C10H6FN3/c11-8-4-2-6-1-3-7-10(9(6)14-8)13-5-12-7/h1-5H,(H,12,13). The Kier molecular flexibility index (Phi) is 1.33. The summed E-state index contributed by atoms with van der Waals surface area (Å²) >= 11 is 0. The number of nitrogens with one attached hydrogen (secondary N) is 1. The number of pyridine rings is 1. The minimum Gasteiger partial charge on any atom is -0.343 e. The molecule has 0 unspecified atom stereocenters. The number of benzene rings is 1. The smallest absolute Gasteiger partial charge is 0.213 e. The number of rotatable bonds is 0. The first-order chi connectivity index (χ1) is 6.84. The molecule has 68 valence electrons. The lowest BCUT2D eigenvalue weighted by molar-refractivity contribution is 0.589. The van der Waals surface area contributed by atoms with Gasteiger partial charge in [0.25, 0.3) is 0 Å². The predicted octanol–water partition coefficient (Wildman–Crippen LogP) is 2.25. The molecule has 1 aromatic carbocycles. The van der Waals surface area contributed by atoms with Crippen molar-refractivity contribution in [2.75, 3.05) is 0 Å². The van der Waals surface area contributed by atoms with Crippen LogP contribution in [0, 0.1) is 5.95 Å². The average molecular weight is 187 g/mol. The van der Waals surface area contributed by atoms with Gasteiger partial charge in [-0.3, -0.25) is 0 Å². The number of hydrogen-bond acceptors (Lipinski definition) is 2. The van der Waals surface area contributed by atoms with Crippen molar-refractivity contribution in [1.82, 2.24) is 15.0 Å². The second-order valence-electron chi connectivity index (χ2n) is 3.07. The van der Waals surface area contributed by atoms with E-state index in [0.29, 0.717) is 5.52 Å². The molecule has 0 spiro atoms. The lowest BCUT2D eigenvalue weighted by Gasteiger charge is -1.97. The maximum Gasteiger partial charge on any atom is 0.213 e. The molecule has 0 amide bonds. The zero-order valence-electron chi connectivity index (χ0n) is 7.16. The zero-order chi connectivity index (χ0) is 9.54. The zero-order valence-corrected chi connectivity index (χ0v) is 7.16. The highest BCUT2D eigenvalue weighted by atomic mass is 19.1. The van der Waals surface area contributed by atoms with Gasteiger partial charge < -0.3 is 4.98 Å². The molecule has 4 heteroatoms. The van der Waals surface area contributed by atoms with E-state index in [1.54, 1.807) is 12.4 Å². The Balaban J connectivity index is 2.60. The van der Waals surface area contributed by atoms with Gasteiger partial charge in [0, 0.05) is 5.39 Å². The molecule has 3 nitrogen and oxygen atoms in total. The van der Waals surface area contributed by atoms with Crippen molar-refractivity contribution in [3.05, 3.63) is 36.5 Å². The third-order valence-electron chi connectivity index (χ3n) is 2.22. The van der Waals surface area contributed by atoms with E-state index in [2.05, 4.69) is 15.0 Å². The average Bonchev–Trinajstić information content (AvgIpc) is 2.65. The first-order valence-corrected chi connectivity index (χ1v) is 4.23. The number of H-pyrrole nitrogens is 1. The molecule has 0 bridgehead atoms. The largest absolute Gasteiger partial charge is 0.343 e. The summed E-state index contributed by atoms with van der Waals surface area (Å²) in [5.41, 5.74) is 2.21. The molecule has 2 aromatic heterocycles. The Morgan fingerprint density at radius 1 is 1.14 bits per heavy atom. The lowest BCUT2D eigenvalue weighted by Crippen LogP contribution is -1.85.